The van der Waals surface area contributed by atoms with Crippen molar-refractivity contribution in [3.63, 3.8) is 0 Å². The molecule has 0 saturated carbocycles. The largest absolute Gasteiger partial charge is 0.497 e. The summed E-state index contributed by atoms with van der Waals surface area (Å²) in [5.74, 6) is 1.85. The van der Waals surface area contributed by atoms with Crippen molar-refractivity contribution in [3.8, 4) is 12.8 Å². The van der Waals surface area contributed by atoms with Crippen LogP contribution in [0.25, 0.3) is 5.76 Å². The normalized spacial score (nSPS) is 13.5. The lowest BCUT2D eigenvalue weighted by molar-refractivity contribution is 0.132. The number of piperidine rings is 1. The Bertz CT molecular complexity index is 1030. The van der Waals surface area contributed by atoms with Gasteiger partial charge in [0.05, 0.1) is 20.3 Å². The molecular weight excluding hydrogens is 653 g/mol. The van der Waals surface area contributed by atoms with Gasteiger partial charge in [0.2, 0.25) is 0 Å². The number of allylic oxidation sites excluding steroid dienone is 1. The maximum absolute atomic E-state index is 6.39. The minimum absolute atomic E-state index is 0.474. The van der Waals surface area contributed by atoms with Crippen LogP contribution in [0.5, 0.6) is 0 Å². The summed E-state index contributed by atoms with van der Waals surface area (Å²) < 4.78 is 11.9. The van der Waals surface area contributed by atoms with E-state index in [1.807, 2.05) is 26.8 Å². The van der Waals surface area contributed by atoms with Gasteiger partial charge in [0.1, 0.15) is 5.76 Å². The summed E-state index contributed by atoms with van der Waals surface area (Å²) in [5, 5.41) is 0. The standard InChI is InChI=1S/C38H65N3O2.C3H8.C2H7N.C2H6.C2H2/c1-9-14-17-20-34(11-3)32(6)37-22-21-35(33(7)42-8)30-38(37)41(25-15-10-2)28-29-43-31-36(12-4)40(13-5)27-26-39-23-18-16-19-24-39;1-3-2;1-2-3;2*1-2/h10,12,21-22,30,32,34H,2,7,9,11,13-20,23-29,31H2,1,3-6,8H3;3H2,1-2H3;2-3H2,1H3;1-2H3;1-2H/b36-12+;;;;. The molecule has 2 rings (SSSR count). The Balaban J connectivity index is -0.00000226. The van der Waals surface area contributed by atoms with Gasteiger partial charge in [-0.15, -0.1) is 19.4 Å². The summed E-state index contributed by atoms with van der Waals surface area (Å²) in [4.78, 5) is 7.62. The molecule has 2 unspecified atom stereocenters. The van der Waals surface area contributed by atoms with Crippen LogP contribution in [0, 0.1) is 18.8 Å². The first kappa shape index (κ1) is 54.6. The van der Waals surface area contributed by atoms with Crippen LogP contribution in [0.4, 0.5) is 5.69 Å². The molecule has 2 N–H and O–H groups in total. The lowest BCUT2D eigenvalue weighted by Gasteiger charge is -2.33. The van der Waals surface area contributed by atoms with E-state index in [9.17, 15) is 0 Å². The van der Waals surface area contributed by atoms with Gasteiger partial charge in [-0.1, -0.05) is 125 Å². The number of methoxy groups -OCH3 is 1. The number of benzene rings is 1. The highest BCUT2D eigenvalue weighted by Gasteiger charge is 2.23. The van der Waals surface area contributed by atoms with E-state index in [4.69, 9.17) is 15.2 Å². The average Bonchev–Trinajstić information content (AvgIpc) is 3.20. The molecule has 2 atom stereocenters. The monoisotopic (exact) mass is 741 g/mol. The van der Waals surface area contributed by atoms with Crippen molar-refractivity contribution >= 4 is 11.4 Å². The van der Waals surface area contributed by atoms with Gasteiger partial charge in [0, 0.05) is 49.7 Å². The Hall–Kier alpha value is -2.72. The number of likely N-dealkylation sites (tertiary alicyclic amines) is 1. The molecule has 0 amide bonds. The Kier molecular flexibility index (Phi) is 40.2. The fourth-order valence-electron chi connectivity index (χ4n) is 6.47. The van der Waals surface area contributed by atoms with Gasteiger partial charge >= 0.3 is 0 Å². The zero-order chi connectivity index (χ0) is 40.9. The Morgan fingerprint density at radius 2 is 1.62 bits per heavy atom. The van der Waals surface area contributed by atoms with E-state index < -0.39 is 0 Å². The summed E-state index contributed by atoms with van der Waals surface area (Å²) in [7, 11) is 1.70. The summed E-state index contributed by atoms with van der Waals surface area (Å²) in [6.07, 6.45) is 24.9. The van der Waals surface area contributed by atoms with Gasteiger partial charge in [-0.25, -0.2) is 0 Å². The molecule has 1 saturated heterocycles. The fraction of sp³-hybridized carbons (Fsp3) is 0.702. The maximum Gasteiger partial charge on any atom is 0.118 e. The second-order valence-electron chi connectivity index (χ2n) is 13.3. The van der Waals surface area contributed by atoms with E-state index in [-0.39, 0.29) is 0 Å². The molecule has 1 fully saturated rings. The van der Waals surface area contributed by atoms with Crippen molar-refractivity contribution < 1.29 is 9.47 Å². The third-order valence-corrected chi connectivity index (χ3v) is 9.45. The molecule has 6 heteroatoms. The van der Waals surface area contributed by atoms with Crippen molar-refractivity contribution in [2.75, 3.05) is 77.6 Å². The first-order valence-electron chi connectivity index (χ1n) is 21.2. The van der Waals surface area contributed by atoms with E-state index in [1.54, 1.807) is 7.11 Å². The molecule has 53 heavy (non-hydrogen) atoms. The number of rotatable bonds is 23. The topological polar surface area (TPSA) is 54.2 Å². The molecule has 308 valence electrons. The summed E-state index contributed by atoms with van der Waals surface area (Å²) in [6, 6.07) is 6.79. The number of ether oxygens (including phenoxy) is 2. The molecule has 0 radical (unpaired) electrons. The number of hydrogen-bond donors (Lipinski definition) is 1. The number of unbranched alkanes of at least 4 members (excludes halogenated alkanes) is 2. The van der Waals surface area contributed by atoms with Gasteiger partial charge in [-0.05, 0) is 82.6 Å². The van der Waals surface area contributed by atoms with Crippen molar-refractivity contribution in [2.24, 2.45) is 11.7 Å². The number of nitrogens with two attached hydrogens (primary N) is 1. The number of nitrogens with zero attached hydrogens (tertiary/aromatic N) is 3. The van der Waals surface area contributed by atoms with Gasteiger partial charge in [0.15, 0.2) is 0 Å². The minimum Gasteiger partial charge on any atom is -0.497 e. The first-order chi connectivity index (χ1) is 25.8. The van der Waals surface area contributed by atoms with Gasteiger partial charge in [-0.3, -0.25) is 0 Å². The Morgan fingerprint density at radius 3 is 2.13 bits per heavy atom. The first-order valence-corrected chi connectivity index (χ1v) is 21.2. The lowest BCUT2D eigenvalue weighted by Crippen LogP contribution is -2.38. The van der Waals surface area contributed by atoms with Crippen LogP contribution in [-0.4, -0.2) is 82.5 Å². The molecule has 1 aliphatic heterocycles. The van der Waals surface area contributed by atoms with Crippen LogP contribution in [0.15, 0.2) is 49.2 Å². The number of likely N-dealkylation sites (N-methyl/N-ethyl adjacent to an activating group) is 1. The Labute approximate surface area is 331 Å². The van der Waals surface area contributed by atoms with Crippen LogP contribution in [0.2, 0.25) is 0 Å². The van der Waals surface area contributed by atoms with E-state index in [2.05, 4.69) is 113 Å². The van der Waals surface area contributed by atoms with Crippen molar-refractivity contribution in [3.05, 3.63) is 60.3 Å². The number of anilines is 1. The lowest BCUT2D eigenvalue weighted by atomic mass is 9.81. The molecule has 0 bridgehead atoms. The van der Waals surface area contributed by atoms with Gasteiger partial charge in [-0.2, -0.15) is 0 Å². The second kappa shape index (κ2) is 39.0. The number of terminal acetylenes is 1. The molecule has 1 aromatic rings. The zero-order valence-corrected chi connectivity index (χ0v) is 37.0. The van der Waals surface area contributed by atoms with E-state index >= 15 is 0 Å². The quantitative estimate of drug-likeness (QED) is 0.0522. The molecular formula is C47H88N4O2. The Morgan fingerprint density at radius 1 is 1.00 bits per heavy atom. The SMILES string of the molecule is C#C.C=CCCN(CCOC/C(=C\C)N(CC)CCN1CCCCC1)c1cc(C(=C)OC)ccc1C(C)C(CC)CCCCC.CC.CCC.CCN. The highest BCUT2D eigenvalue weighted by Crippen LogP contribution is 2.38. The highest BCUT2D eigenvalue weighted by atomic mass is 16.5. The third-order valence-electron chi connectivity index (χ3n) is 9.45. The summed E-state index contributed by atoms with van der Waals surface area (Å²) in [5.41, 5.74) is 9.89. The maximum atomic E-state index is 6.39. The minimum atomic E-state index is 0.474. The van der Waals surface area contributed by atoms with Gasteiger partial charge in [0.25, 0.3) is 0 Å². The van der Waals surface area contributed by atoms with E-state index in [0.717, 1.165) is 51.3 Å². The smallest absolute Gasteiger partial charge is 0.118 e. The van der Waals surface area contributed by atoms with Crippen molar-refractivity contribution in [1.82, 2.24) is 9.80 Å². The van der Waals surface area contributed by atoms with Crippen molar-refractivity contribution in [1.29, 1.82) is 0 Å². The number of hydrogen-bond acceptors (Lipinski definition) is 6. The molecule has 0 aliphatic carbocycles. The third kappa shape index (κ3) is 24.3. The summed E-state index contributed by atoms with van der Waals surface area (Å²) >= 11 is 0. The highest BCUT2D eigenvalue weighted by molar-refractivity contribution is 5.67. The average molecular weight is 741 g/mol. The van der Waals surface area contributed by atoms with E-state index in [0.29, 0.717) is 30.8 Å². The van der Waals surface area contributed by atoms with Gasteiger partial charge < -0.3 is 29.9 Å². The fourth-order valence-corrected chi connectivity index (χ4v) is 6.47. The van der Waals surface area contributed by atoms with Crippen LogP contribution >= 0.6 is 0 Å². The molecule has 1 aromatic carbocycles. The summed E-state index contributed by atoms with van der Waals surface area (Å²) in [6.45, 7) is 39.3. The predicted molar refractivity (Wildman–Crippen MR) is 240 cm³/mol. The second-order valence-corrected chi connectivity index (χ2v) is 13.3. The molecule has 0 spiro atoms. The molecule has 6 nitrogen and oxygen atoms in total. The molecule has 1 aliphatic rings. The predicted octanol–water partition coefficient (Wildman–Crippen LogP) is 11.8. The van der Waals surface area contributed by atoms with E-state index in [1.165, 1.54) is 87.8 Å². The van der Waals surface area contributed by atoms with Crippen LogP contribution in [-0.2, 0) is 9.47 Å². The molecule has 1 heterocycles. The van der Waals surface area contributed by atoms with Crippen LogP contribution in [0.1, 0.15) is 150 Å². The molecule has 0 aromatic heterocycles. The zero-order valence-electron chi connectivity index (χ0n) is 37.0. The van der Waals surface area contributed by atoms with Crippen molar-refractivity contribution in [2.45, 2.75) is 139 Å². The van der Waals surface area contributed by atoms with Crippen LogP contribution < -0.4 is 10.6 Å². The van der Waals surface area contributed by atoms with Crippen LogP contribution in [0.3, 0.4) is 0 Å².